The van der Waals surface area contributed by atoms with Crippen molar-refractivity contribution in [2.45, 2.75) is 27.2 Å². The van der Waals surface area contributed by atoms with Gasteiger partial charge in [-0.05, 0) is 83.7 Å². The van der Waals surface area contributed by atoms with E-state index in [-0.39, 0.29) is 6.42 Å². The largest absolute Gasteiger partial charge is 0.493 e. The van der Waals surface area contributed by atoms with Crippen LogP contribution in [0.2, 0.25) is 0 Å². The number of hydrogen-bond donors (Lipinski definition) is 2. The van der Waals surface area contributed by atoms with Crippen LogP contribution in [0, 0.1) is 13.8 Å². The fraction of sp³-hybridized carbons (Fsp3) is 0.250. The van der Waals surface area contributed by atoms with E-state index in [4.69, 9.17) is 4.74 Å². The number of aryl methyl sites for hydroxylation is 2. The third kappa shape index (κ3) is 6.53. The van der Waals surface area contributed by atoms with E-state index >= 15 is 0 Å². The molecule has 142 valence electrons. The first kappa shape index (κ1) is 20.6. The number of nitrogens with zero attached hydrogens (tertiary/aromatic N) is 1. The molecule has 6 nitrogen and oxygen atoms in total. The summed E-state index contributed by atoms with van der Waals surface area (Å²) in [7, 11) is 0. The standard InChI is InChI=1S/C20H22BrN3O3/c1-4-27-18-8-6-15(10-17(18)21)12-22-24-20(26)11-19(25)23-16-7-5-13(2)14(3)9-16/h5-10,12H,4,11H2,1-3H3,(H,23,25)(H,24,26). The van der Waals surface area contributed by atoms with Gasteiger partial charge in [-0.25, -0.2) is 5.43 Å². The van der Waals surface area contributed by atoms with Crippen molar-refractivity contribution in [2.24, 2.45) is 5.10 Å². The summed E-state index contributed by atoms with van der Waals surface area (Å²) in [6.45, 7) is 6.45. The average molecular weight is 432 g/mol. The van der Waals surface area contributed by atoms with Crippen LogP contribution in [0.15, 0.2) is 46.0 Å². The average Bonchev–Trinajstić information content (AvgIpc) is 2.60. The summed E-state index contributed by atoms with van der Waals surface area (Å²) in [5.74, 6) is -0.144. The zero-order valence-corrected chi connectivity index (χ0v) is 17.1. The highest BCUT2D eigenvalue weighted by molar-refractivity contribution is 9.10. The molecule has 0 spiro atoms. The number of hydrogen-bond acceptors (Lipinski definition) is 4. The Morgan fingerprint density at radius 1 is 1.11 bits per heavy atom. The molecule has 2 aromatic carbocycles. The van der Waals surface area contributed by atoms with Gasteiger partial charge in [0.05, 0.1) is 17.3 Å². The van der Waals surface area contributed by atoms with Gasteiger partial charge in [0.1, 0.15) is 12.2 Å². The molecule has 2 amide bonds. The molecular formula is C20H22BrN3O3. The van der Waals surface area contributed by atoms with Gasteiger partial charge in [-0.1, -0.05) is 6.07 Å². The zero-order chi connectivity index (χ0) is 19.8. The predicted octanol–water partition coefficient (Wildman–Crippen LogP) is 3.94. The lowest BCUT2D eigenvalue weighted by atomic mass is 10.1. The minimum atomic E-state index is -0.488. The maximum Gasteiger partial charge on any atom is 0.249 e. The molecule has 0 heterocycles. The summed E-state index contributed by atoms with van der Waals surface area (Å²) in [5.41, 5.74) is 6.01. The molecule has 0 unspecified atom stereocenters. The lowest BCUT2D eigenvalue weighted by Crippen LogP contribution is -2.24. The van der Waals surface area contributed by atoms with Crippen LogP contribution in [0.25, 0.3) is 0 Å². The Hall–Kier alpha value is -2.67. The van der Waals surface area contributed by atoms with Crippen LogP contribution < -0.4 is 15.5 Å². The van der Waals surface area contributed by atoms with Gasteiger partial charge < -0.3 is 10.1 Å². The lowest BCUT2D eigenvalue weighted by Gasteiger charge is -2.07. The topological polar surface area (TPSA) is 79.8 Å². The van der Waals surface area contributed by atoms with Crippen LogP contribution >= 0.6 is 15.9 Å². The van der Waals surface area contributed by atoms with Crippen molar-refractivity contribution in [3.8, 4) is 5.75 Å². The fourth-order valence-corrected chi connectivity index (χ4v) is 2.77. The number of benzene rings is 2. The van der Waals surface area contributed by atoms with E-state index in [1.165, 1.54) is 6.21 Å². The number of halogens is 1. The van der Waals surface area contributed by atoms with Crippen molar-refractivity contribution in [1.29, 1.82) is 0 Å². The summed E-state index contributed by atoms with van der Waals surface area (Å²) in [4.78, 5) is 23.8. The van der Waals surface area contributed by atoms with Crippen molar-refractivity contribution in [3.63, 3.8) is 0 Å². The lowest BCUT2D eigenvalue weighted by molar-refractivity contribution is -0.126. The van der Waals surface area contributed by atoms with Crippen LogP contribution in [0.1, 0.15) is 30.0 Å². The second-order valence-corrected chi connectivity index (χ2v) is 6.79. The van der Waals surface area contributed by atoms with Gasteiger partial charge in [-0.2, -0.15) is 5.10 Å². The first-order valence-electron chi connectivity index (χ1n) is 8.50. The Labute approximate surface area is 167 Å². The Morgan fingerprint density at radius 2 is 1.89 bits per heavy atom. The van der Waals surface area contributed by atoms with Gasteiger partial charge in [0, 0.05) is 5.69 Å². The molecule has 0 atom stereocenters. The molecule has 0 aliphatic carbocycles. The monoisotopic (exact) mass is 431 g/mol. The third-order valence-electron chi connectivity index (χ3n) is 3.77. The van der Waals surface area contributed by atoms with Crippen LogP contribution in [0.5, 0.6) is 5.75 Å². The van der Waals surface area contributed by atoms with E-state index in [1.807, 2.05) is 51.1 Å². The fourth-order valence-electron chi connectivity index (χ4n) is 2.26. The molecular weight excluding hydrogens is 410 g/mol. The molecule has 2 N–H and O–H groups in total. The van der Waals surface area contributed by atoms with Crippen molar-refractivity contribution in [1.82, 2.24) is 5.43 Å². The second-order valence-electron chi connectivity index (χ2n) is 5.94. The Kier molecular flexibility index (Phi) is 7.55. The van der Waals surface area contributed by atoms with E-state index in [1.54, 1.807) is 6.07 Å². The number of amides is 2. The van der Waals surface area contributed by atoms with E-state index in [0.29, 0.717) is 12.3 Å². The van der Waals surface area contributed by atoms with Crippen LogP contribution in [-0.4, -0.2) is 24.6 Å². The van der Waals surface area contributed by atoms with Crippen LogP contribution in [0.4, 0.5) is 5.69 Å². The predicted molar refractivity (Wildman–Crippen MR) is 110 cm³/mol. The van der Waals surface area contributed by atoms with Gasteiger partial charge >= 0.3 is 0 Å². The molecule has 0 radical (unpaired) electrons. The SMILES string of the molecule is CCOc1ccc(C=NNC(=O)CC(=O)Nc2ccc(C)c(C)c2)cc1Br. The molecule has 0 saturated heterocycles. The molecule has 2 rings (SSSR count). The smallest absolute Gasteiger partial charge is 0.249 e. The number of carbonyl (C=O) groups is 2. The molecule has 0 aliphatic rings. The molecule has 2 aromatic rings. The molecule has 0 bridgehead atoms. The maximum atomic E-state index is 12.0. The number of hydrazone groups is 1. The van der Waals surface area contributed by atoms with Gasteiger partial charge in [0.15, 0.2) is 0 Å². The Balaban J connectivity index is 1.84. The van der Waals surface area contributed by atoms with Gasteiger partial charge in [0.2, 0.25) is 11.8 Å². The van der Waals surface area contributed by atoms with Crippen molar-refractivity contribution in [2.75, 3.05) is 11.9 Å². The summed E-state index contributed by atoms with van der Waals surface area (Å²) >= 11 is 3.42. The Morgan fingerprint density at radius 3 is 2.56 bits per heavy atom. The summed E-state index contributed by atoms with van der Waals surface area (Å²) < 4.78 is 6.23. The number of ether oxygens (including phenoxy) is 1. The molecule has 0 aliphatic heterocycles. The minimum Gasteiger partial charge on any atom is -0.493 e. The van der Waals surface area contributed by atoms with Crippen LogP contribution in [0.3, 0.4) is 0 Å². The summed E-state index contributed by atoms with van der Waals surface area (Å²) in [6, 6.07) is 11.1. The zero-order valence-electron chi connectivity index (χ0n) is 15.5. The number of rotatable bonds is 7. The van der Waals surface area contributed by atoms with E-state index in [0.717, 1.165) is 26.9 Å². The van der Waals surface area contributed by atoms with Gasteiger partial charge in [0.25, 0.3) is 0 Å². The minimum absolute atomic E-state index is 0.308. The first-order valence-corrected chi connectivity index (χ1v) is 9.29. The highest BCUT2D eigenvalue weighted by atomic mass is 79.9. The molecule has 27 heavy (non-hydrogen) atoms. The van der Waals surface area contributed by atoms with Crippen molar-refractivity contribution >= 4 is 39.6 Å². The van der Waals surface area contributed by atoms with Crippen molar-refractivity contribution < 1.29 is 14.3 Å². The highest BCUT2D eigenvalue weighted by Gasteiger charge is 2.09. The number of nitrogens with one attached hydrogen (secondary N) is 2. The van der Waals surface area contributed by atoms with Crippen molar-refractivity contribution in [3.05, 3.63) is 57.6 Å². The third-order valence-corrected chi connectivity index (χ3v) is 4.39. The molecule has 7 heteroatoms. The Bertz CT molecular complexity index is 866. The van der Waals surface area contributed by atoms with E-state index in [2.05, 4.69) is 31.8 Å². The van der Waals surface area contributed by atoms with Gasteiger partial charge in [-0.3, -0.25) is 9.59 Å². The summed E-state index contributed by atoms with van der Waals surface area (Å²) in [6.07, 6.45) is 1.19. The molecule has 0 aromatic heterocycles. The second kappa shape index (κ2) is 9.87. The maximum absolute atomic E-state index is 12.0. The van der Waals surface area contributed by atoms with E-state index in [9.17, 15) is 9.59 Å². The highest BCUT2D eigenvalue weighted by Crippen LogP contribution is 2.25. The normalized spacial score (nSPS) is 10.7. The quantitative estimate of drug-likeness (QED) is 0.395. The van der Waals surface area contributed by atoms with Gasteiger partial charge in [-0.15, -0.1) is 0 Å². The number of anilines is 1. The van der Waals surface area contributed by atoms with Crippen LogP contribution in [-0.2, 0) is 9.59 Å². The molecule has 0 saturated carbocycles. The van der Waals surface area contributed by atoms with E-state index < -0.39 is 11.8 Å². The molecule has 0 fully saturated rings. The number of carbonyl (C=O) groups excluding carboxylic acids is 2. The first-order chi connectivity index (χ1) is 12.9. The summed E-state index contributed by atoms with van der Waals surface area (Å²) in [5, 5.41) is 6.58.